The van der Waals surface area contributed by atoms with Crippen molar-refractivity contribution in [2.24, 2.45) is 4.99 Å². The quantitative estimate of drug-likeness (QED) is 0.498. The Morgan fingerprint density at radius 2 is 2.10 bits per heavy atom. The number of piperidine rings is 1. The van der Waals surface area contributed by atoms with Crippen molar-refractivity contribution in [2.75, 3.05) is 37.7 Å². The number of hydrogen-bond donors (Lipinski definition) is 4. The monoisotopic (exact) mass is 446 g/mol. The van der Waals surface area contributed by atoms with Crippen LogP contribution < -0.4 is 21.7 Å². The van der Waals surface area contributed by atoms with Crippen molar-refractivity contribution in [1.29, 1.82) is 0 Å². The molecule has 0 saturated carbocycles. The highest BCUT2D eigenvalue weighted by Gasteiger charge is 2.40. The molecule has 2 aromatic heterocycles. The Morgan fingerprint density at radius 1 is 1.32 bits per heavy atom. The number of amides is 2. The summed E-state index contributed by atoms with van der Waals surface area (Å²) >= 11 is 5.91. The van der Waals surface area contributed by atoms with E-state index in [1.54, 1.807) is 30.2 Å². The summed E-state index contributed by atoms with van der Waals surface area (Å²) in [7, 11) is 1.61. The number of nitrogens with one attached hydrogen (secondary N) is 3. The molecular weight excluding hydrogens is 424 g/mol. The Morgan fingerprint density at radius 3 is 2.77 bits per heavy atom. The first-order valence-corrected chi connectivity index (χ1v) is 10.2. The third-order valence-corrected chi connectivity index (χ3v) is 5.69. The van der Waals surface area contributed by atoms with Gasteiger partial charge in [0.05, 0.1) is 12.1 Å². The van der Waals surface area contributed by atoms with E-state index in [2.05, 4.69) is 36.0 Å². The van der Waals surface area contributed by atoms with Gasteiger partial charge >= 0.3 is 0 Å². The molecule has 5 N–H and O–H groups in total. The third-order valence-electron chi connectivity index (χ3n) is 5.41. The summed E-state index contributed by atoms with van der Waals surface area (Å²) in [5.74, 6) is 0.139. The topological polar surface area (TPSA) is 155 Å². The van der Waals surface area contributed by atoms with Crippen molar-refractivity contribution in [2.45, 2.75) is 24.9 Å². The van der Waals surface area contributed by atoms with E-state index in [4.69, 9.17) is 17.3 Å². The van der Waals surface area contributed by atoms with E-state index in [9.17, 15) is 9.59 Å². The molecule has 2 aromatic rings. The molecular formula is C18H23ClN10O2. The maximum Gasteiger partial charge on any atom is 0.280 e. The van der Waals surface area contributed by atoms with Gasteiger partial charge in [-0.15, -0.1) is 0 Å². The van der Waals surface area contributed by atoms with Gasteiger partial charge in [-0.3, -0.25) is 24.6 Å². The molecule has 2 amide bonds. The zero-order valence-corrected chi connectivity index (χ0v) is 17.7. The van der Waals surface area contributed by atoms with E-state index in [1.807, 2.05) is 4.90 Å². The lowest BCUT2D eigenvalue weighted by atomic mass is 9.88. The lowest BCUT2D eigenvalue weighted by molar-refractivity contribution is -0.133. The lowest BCUT2D eigenvalue weighted by Crippen LogP contribution is -2.57. The van der Waals surface area contributed by atoms with Gasteiger partial charge in [0.1, 0.15) is 6.54 Å². The van der Waals surface area contributed by atoms with Gasteiger partial charge < -0.3 is 21.3 Å². The number of nitrogens with zero attached hydrogens (tertiary/aromatic N) is 6. The highest BCUT2D eigenvalue weighted by Crippen LogP contribution is 2.26. The Hall–Kier alpha value is -3.41. The van der Waals surface area contributed by atoms with Gasteiger partial charge in [0.2, 0.25) is 5.91 Å². The molecule has 1 saturated heterocycles. The van der Waals surface area contributed by atoms with E-state index >= 15 is 0 Å². The zero-order chi connectivity index (χ0) is 22.0. The summed E-state index contributed by atoms with van der Waals surface area (Å²) in [6.45, 7) is 1.95. The second kappa shape index (κ2) is 8.38. The summed E-state index contributed by atoms with van der Waals surface area (Å²) < 4.78 is 1.61. The standard InChI is InChI=1S/C18H23ClN10O2/c1-21-15-12(24-13(19)14(20)25-15)16(31)26-17-22-10-18(27-17)3-7-28(8-4-18)11(30)9-29-6-2-5-23-29/h2,5-6H,3-4,7-10H2,1H3,(H3,20,21,25)(H2,22,26,27,31). The minimum Gasteiger partial charge on any atom is -0.381 e. The molecule has 0 aromatic carbocycles. The molecule has 2 aliphatic heterocycles. The number of aromatic nitrogens is 4. The highest BCUT2D eigenvalue weighted by atomic mass is 35.5. The average molecular weight is 447 g/mol. The van der Waals surface area contributed by atoms with E-state index in [0.29, 0.717) is 25.6 Å². The van der Waals surface area contributed by atoms with Crippen LogP contribution in [-0.4, -0.2) is 74.6 Å². The molecule has 0 radical (unpaired) electrons. The van der Waals surface area contributed by atoms with E-state index < -0.39 is 5.91 Å². The van der Waals surface area contributed by atoms with Crippen molar-refractivity contribution in [3.8, 4) is 0 Å². The molecule has 4 rings (SSSR count). The molecule has 12 nitrogen and oxygen atoms in total. The molecule has 0 atom stereocenters. The van der Waals surface area contributed by atoms with Crippen LogP contribution in [0.3, 0.4) is 0 Å². The Balaban J connectivity index is 1.33. The van der Waals surface area contributed by atoms with E-state index in [1.165, 1.54) is 0 Å². The Labute approximate surface area is 183 Å². The van der Waals surface area contributed by atoms with Crippen LogP contribution in [0.1, 0.15) is 23.3 Å². The van der Waals surface area contributed by atoms with Crippen molar-refractivity contribution >= 4 is 41.0 Å². The molecule has 4 heterocycles. The summed E-state index contributed by atoms with van der Waals surface area (Å²) in [6, 6.07) is 1.79. The van der Waals surface area contributed by atoms with Crippen LogP contribution >= 0.6 is 11.6 Å². The first-order chi connectivity index (χ1) is 14.9. The molecule has 2 aliphatic rings. The predicted molar refractivity (Wildman–Crippen MR) is 115 cm³/mol. The normalized spacial score (nSPS) is 17.2. The minimum atomic E-state index is -0.506. The van der Waals surface area contributed by atoms with Gasteiger partial charge in [0.25, 0.3) is 5.91 Å². The first kappa shape index (κ1) is 20.8. The van der Waals surface area contributed by atoms with Crippen LogP contribution in [0.4, 0.5) is 11.6 Å². The van der Waals surface area contributed by atoms with Crippen LogP contribution in [0, 0.1) is 0 Å². The molecule has 31 heavy (non-hydrogen) atoms. The second-order valence-electron chi connectivity index (χ2n) is 7.46. The molecule has 1 spiro atoms. The SMILES string of the molecule is CNc1nc(N)c(Cl)nc1C(=O)NC1=NCC2(CCN(C(=O)Cn3cccn3)CC2)N1. The van der Waals surface area contributed by atoms with Crippen LogP contribution in [0.25, 0.3) is 0 Å². The maximum absolute atomic E-state index is 12.7. The molecule has 0 unspecified atom stereocenters. The Bertz CT molecular complexity index is 1010. The van der Waals surface area contributed by atoms with E-state index in [0.717, 1.165) is 12.8 Å². The number of likely N-dealkylation sites (tertiary alicyclic amines) is 1. The fourth-order valence-electron chi connectivity index (χ4n) is 3.66. The number of aliphatic imine (C=N–C) groups is 1. The van der Waals surface area contributed by atoms with Gasteiger partial charge in [-0.1, -0.05) is 11.6 Å². The third kappa shape index (κ3) is 4.38. The number of guanidine groups is 1. The summed E-state index contributed by atoms with van der Waals surface area (Å²) in [5, 5.41) is 12.8. The largest absolute Gasteiger partial charge is 0.381 e. The summed E-state index contributed by atoms with van der Waals surface area (Å²) in [4.78, 5) is 39.5. The number of halogens is 1. The molecule has 13 heteroatoms. The van der Waals surface area contributed by atoms with Crippen molar-refractivity contribution in [1.82, 2.24) is 35.3 Å². The van der Waals surface area contributed by atoms with Crippen molar-refractivity contribution in [3.63, 3.8) is 0 Å². The smallest absolute Gasteiger partial charge is 0.280 e. The second-order valence-corrected chi connectivity index (χ2v) is 7.81. The molecule has 0 bridgehead atoms. The number of rotatable bonds is 4. The number of anilines is 2. The van der Waals surface area contributed by atoms with Gasteiger partial charge in [0, 0.05) is 32.5 Å². The Kier molecular flexibility index (Phi) is 5.63. The highest BCUT2D eigenvalue weighted by molar-refractivity contribution is 6.31. The van der Waals surface area contributed by atoms with Crippen LogP contribution in [0.2, 0.25) is 5.15 Å². The first-order valence-electron chi connectivity index (χ1n) is 9.79. The van der Waals surface area contributed by atoms with Gasteiger partial charge in [-0.05, 0) is 18.9 Å². The summed E-state index contributed by atoms with van der Waals surface area (Å²) in [6.07, 6.45) is 4.85. The minimum absolute atomic E-state index is 0.0196. The van der Waals surface area contributed by atoms with Crippen molar-refractivity contribution in [3.05, 3.63) is 29.3 Å². The van der Waals surface area contributed by atoms with E-state index in [-0.39, 0.29) is 40.5 Å². The maximum atomic E-state index is 12.7. The van der Waals surface area contributed by atoms with Gasteiger partial charge in [-0.2, -0.15) is 5.10 Å². The van der Waals surface area contributed by atoms with Gasteiger partial charge in [-0.25, -0.2) is 9.97 Å². The summed E-state index contributed by atoms with van der Waals surface area (Å²) in [5.41, 5.74) is 5.38. The zero-order valence-electron chi connectivity index (χ0n) is 16.9. The molecule has 164 valence electrons. The fraction of sp³-hybridized carbons (Fsp3) is 0.444. The number of carbonyl (C=O) groups is 2. The number of carbonyl (C=O) groups excluding carboxylic acids is 2. The van der Waals surface area contributed by atoms with Gasteiger partial charge in [0.15, 0.2) is 28.4 Å². The van der Waals surface area contributed by atoms with Crippen LogP contribution in [0.15, 0.2) is 23.5 Å². The number of nitrogens with two attached hydrogens (primary N) is 1. The molecule has 0 aliphatic carbocycles. The predicted octanol–water partition coefficient (Wildman–Crippen LogP) is -0.299. The lowest BCUT2D eigenvalue weighted by Gasteiger charge is -2.39. The van der Waals surface area contributed by atoms with Crippen molar-refractivity contribution < 1.29 is 9.59 Å². The number of nitrogen functional groups attached to an aromatic ring is 1. The molecule has 1 fully saturated rings. The van der Waals surface area contributed by atoms with Crippen LogP contribution in [-0.2, 0) is 11.3 Å². The number of hydrogen-bond acceptors (Lipinski definition) is 9. The average Bonchev–Trinajstić information content (AvgIpc) is 3.40. The fourth-order valence-corrected chi connectivity index (χ4v) is 3.79. The van der Waals surface area contributed by atoms with Crippen LogP contribution in [0.5, 0.6) is 0 Å².